The third kappa shape index (κ3) is 4.43. The van der Waals surface area contributed by atoms with Crippen LogP contribution in [0, 0.1) is 6.92 Å². The summed E-state index contributed by atoms with van der Waals surface area (Å²) in [5, 5.41) is 12.9. The SMILES string of the molecule is CCN(CC)CCCN1C(=O)C(=O)/C(=C(\O)c2ccc(C)cc2)C1c1cccs1. The Balaban J connectivity index is 1.95. The molecule has 154 valence electrons. The Kier molecular flexibility index (Phi) is 6.87. The molecule has 1 fully saturated rings. The first-order valence-electron chi connectivity index (χ1n) is 10.1. The van der Waals surface area contributed by atoms with Gasteiger partial charge in [-0.25, -0.2) is 0 Å². The maximum Gasteiger partial charge on any atom is 0.295 e. The topological polar surface area (TPSA) is 60.9 Å². The molecule has 1 saturated heterocycles. The van der Waals surface area contributed by atoms with E-state index in [9.17, 15) is 14.7 Å². The van der Waals surface area contributed by atoms with E-state index >= 15 is 0 Å². The molecule has 0 aliphatic carbocycles. The predicted molar refractivity (Wildman–Crippen MR) is 117 cm³/mol. The van der Waals surface area contributed by atoms with Gasteiger partial charge in [-0.05, 0) is 44.4 Å². The van der Waals surface area contributed by atoms with Gasteiger partial charge in [-0.3, -0.25) is 9.59 Å². The van der Waals surface area contributed by atoms with Crippen LogP contribution in [-0.2, 0) is 9.59 Å². The lowest BCUT2D eigenvalue weighted by molar-refractivity contribution is -0.139. The van der Waals surface area contributed by atoms with Crippen molar-refractivity contribution in [2.75, 3.05) is 26.2 Å². The third-order valence-corrected chi connectivity index (χ3v) is 6.37. The minimum Gasteiger partial charge on any atom is -0.507 e. The second-order valence-electron chi connectivity index (χ2n) is 7.25. The summed E-state index contributed by atoms with van der Waals surface area (Å²) in [7, 11) is 0. The van der Waals surface area contributed by atoms with E-state index in [1.807, 2.05) is 36.6 Å². The van der Waals surface area contributed by atoms with Crippen LogP contribution in [0.2, 0.25) is 0 Å². The Bertz CT molecular complexity index is 883. The lowest BCUT2D eigenvalue weighted by Gasteiger charge is -2.25. The largest absolute Gasteiger partial charge is 0.507 e. The number of amides is 1. The molecule has 2 aromatic rings. The van der Waals surface area contributed by atoms with Crippen LogP contribution in [0.25, 0.3) is 5.76 Å². The Labute approximate surface area is 176 Å². The number of carbonyl (C=O) groups is 2. The fraction of sp³-hybridized carbons (Fsp3) is 0.391. The zero-order valence-corrected chi connectivity index (χ0v) is 18.0. The fourth-order valence-corrected chi connectivity index (χ4v) is 4.57. The first-order chi connectivity index (χ1) is 14.0. The zero-order valence-electron chi connectivity index (χ0n) is 17.2. The monoisotopic (exact) mass is 412 g/mol. The summed E-state index contributed by atoms with van der Waals surface area (Å²) in [5.41, 5.74) is 1.80. The summed E-state index contributed by atoms with van der Waals surface area (Å²) in [6.07, 6.45) is 0.779. The summed E-state index contributed by atoms with van der Waals surface area (Å²) in [6.45, 7) is 9.45. The van der Waals surface area contributed by atoms with Crippen molar-refractivity contribution in [2.24, 2.45) is 0 Å². The number of aliphatic hydroxyl groups excluding tert-OH is 1. The van der Waals surface area contributed by atoms with Crippen LogP contribution in [0.5, 0.6) is 0 Å². The molecule has 5 nitrogen and oxygen atoms in total. The van der Waals surface area contributed by atoms with Crippen molar-refractivity contribution in [2.45, 2.75) is 33.2 Å². The number of hydrogen-bond acceptors (Lipinski definition) is 5. The van der Waals surface area contributed by atoms with Crippen LogP contribution in [0.4, 0.5) is 0 Å². The number of benzene rings is 1. The number of nitrogens with zero attached hydrogens (tertiary/aromatic N) is 2. The molecule has 1 unspecified atom stereocenters. The van der Waals surface area contributed by atoms with Gasteiger partial charge in [0.15, 0.2) is 0 Å². The van der Waals surface area contributed by atoms with Crippen LogP contribution in [0.15, 0.2) is 47.4 Å². The van der Waals surface area contributed by atoms with Gasteiger partial charge in [0.1, 0.15) is 5.76 Å². The van der Waals surface area contributed by atoms with Gasteiger partial charge in [0.2, 0.25) is 0 Å². The van der Waals surface area contributed by atoms with Crippen molar-refractivity contribution in [3.05, 3.63) is 63.4 Å². The van der Waals surface area contributed by atoms with E-state index in [2.05, 4.69) is 18.7 Å². The summed E-state index contributed by atoms with van der Waals surface area (Å²) in [5.74, 6) is -1.24. The van der Waals surface area contributed by atoms with Crippen LogP contribution >= 0.6 is 11.3 Å². The molecule has 0 saturated carbocycles. The molecule has 1 N–H and O–H groups in total. The lowest BCUT2D eigenvalue weighted by Crippen LogP contribution is -2.33. The van der Waals surface area contributed by atoms with Crippen molar-refractivity contribution in [1.29, 1.82) is 0 Å². The molecule has 1 aliphatic rings. The number of carbonyl (C=O) groups excluding carboxylic acids is 2. The van der Waals surface area contributed by atoms with Crippen LogP contribution in [0.1, 0.15) is 42.3 Å². The summed E-state index contributed by atoms with van der Waals surface area (Å²) in [4.78, 5) is 30.6. The average molecular weight is 413 g/mol. The Morgan fingerprint density at radius 1 is 1.14 bits per heavy atom. The highest BCUT2D eigenvalue weighted by atomic mass is 32.1. The molecular weight excluding hydrogens is 384 g/mol. The third-order valence-electron chi connectivity index (χ3n) is 5.45. The average Bonchev–Trinajstić information content (AvgIpc) is 3.33. The smallest absolute Gasteiger partial charge is 0.295 e. The van der Waals surface area contributed by atoms with Gasteiger partial charge >= 0.3 is 0 Å². The van der Waals surface area contributed by atoms with Gasteiger partial charge < -0.3 is 14.9 Å². The molecule has 6 heteroatoms. The lowest BCUT2D eigenvalue weighted by atomic mass is 9.99. The quantitative estimate of drug-likeness (QED) is 0.401. The van der Waals surface area contributed by atoms with Gasteiger partial charge in [0.05, 0.1) is 11.6 Å². The van der Waals surface area contributed by atoms with Crippen molar-refractivity contribution in [1.82, 2.24) is 9.80 Å². The maximum absolute atomic E-state index is 12.9. The van der Waals surface area contributed by atoms with Crippen molar-refractivity contribution in [3.63, 3.8) is 0 Å². The minimum absolute atomic E-state index is 0.104. The zero-order chi connectivity index (χ0) is 21.0. The minimum atomic E-state index is -0.607. The molecule has 29 heavy (non-hydrogen) atoms. The molecule has 1 amide bonds. The molecule has 2 heterocycles. The Morgan fingerprint density at radius 2 is 1.83 bits per heavy atom. The second-order valence-corrected chi connectivity index (χ2v) is 8.23. The summed E-state index contributed by atoms with van der Waals surface area (Å²) >= 11 is 1.49. The van der Waals surface area contributed by atoms with E-state index in [1.165, 1.54) is 11.3 Å². The highest BCUT2D eigenvalue weighted by Crippen LogP contribution is 2.41. The van der Waals surface area contributed by atoms with Crippen molar-refractivity contribution >= 4 is 28.8 Å². The normalized spacial score (nSPS) is 18.8. The number of aliphatic hydroxyl groups is 1. The Morgan fingerprint density at radius 3 is 2.41 bits per heavy atom. The molecule has 0 bridgehead atoms. The van der Waals surface area contributed by atoms with Gasteiger partial charge in [-0.15, -0.1) is 11.3 Å². The van der Waals surface area contributed by atoms with Gasteiger partial charge in [0, 0.05) is 17.0 Å². The maximum atomic E-state index is 12.9. The number of Topliss-reactive ketones (excluding diaryl/α,β-unsaturated/α-hetero) is 1. The number of aryl methyl sites for hydroxylation is 1. The molecule has 1 aromatic heterocycles. The van der Waals surface area contributed by atoms with Gasteiger partial charge in [-0.2, -0.15) is 0 Å². The molecule has 1 aliphatic heterocycles. The number of likely N-dealkylation sites (tertiary alicyclic amines) is 1. The molecule has 1 aromatic carbocycles. The van der Waals surface area contributed by atoms with E-state index in [0.29, 0.717) is 12.1 Å². The van der Waals surface area contributed by atoms with E-state index in [0.717, 1.165) is 36.5 Å². The molecular formula is C23H28N2O3S. The highest BCUT2D eigenvalue weighted by Gasteiger charge is 2.46. The van der Waals surface area contributed by atoms with Crippen molar-refractivity contribution < 1.29 is 14.7 Å². The first kappa shape index (κ1) is 21.3. The second kappa shape index (κ2) is 9.37. The van der Waals surface area contributed by atoms with E-state index in [-0.39, 0.29) is 11.3 Å². The van der Waals surface area contributed by atoms with Gasteiger partial charge in [0.25, 0.3) is 11.7 Å². The van der Waals surface area contributed by atoms with Crippen LogP contribution in [-0.4, -0.2) is 52.8 Å². The Hall–Kier alpha value is -2.44. The molecule has 3 rings (SSSR count). The highest BCUT2D eigenvalue weighted by molar-refractivity contribution is 7.10. The predicted octanol–water partition coefficient (Wildman–Crippen LogP) is 4.21. The number of hydrogen-bond donors (Lipinski definition) is 1. The molecule has 1 atom stereocenters. The number of thiophene rings is 1. The summed E-state index contributed by atoms with van der Waals surface area (Å²) in [6, 6.07) is 10.6. The first-order valence-corrected chi connectivity index (χ1v) is 11.0. The van der Waals surface area contributed by atoms with Crippen LogP contribution in [0.3, 0.4) is 0 Å². The van der Waals surface area contributed by atoms with Crippen molar-refractivity contribution in [3.8, 4) is 0 Å². The molecule has 0 radical (unpaired) electrons. The van der Waals surface area contributed by atoms with Gasteiger partial charge in [-0.1, -0.05) is 49.7 Å². The molecule has 0 spiro atoms. The van der Waals surface area contributed by atoms with E-state index < -0.39 is 17.7 Å². The van der Waals surface area contributed by atoms with Crippen LogP contribution < -0.4 is 0 Å². The fourth-order valence-electron chi connectivity index (χ4n) is 3.72. The number of ketones is 1. The number of rotatable bonds is 8. The van der Waals surface area contributed by atoms with E-state index in [1.54, 1.807) is 17.0 Å². The van der Waals surface area contributed by atoms with E-state index in [4.69, 9.17) is 0 Å². The summed E-state index contributed by atoms with van der Waals surface area (Å²) < 4.78 is 0. The standard InChI is InChI=1S/C23H28N2O3S/c1-4-24(5-2)13-7-14-25-20(18-8-6-15-29-18)19(22(27)23(25)28)21(26)17-11-9-16(3)10-12-17/h6,8-12,15,20,26H,4-5,7,13-14H2,1-3H3/b21-19-.